The molecule has 170 valence electrons. The molecule has 3 aromatic rings. The van der Waals surface area contributed by atoms with Gasteiger partial charge in [0.2, 0.25) is 5.91 Å². The van der Waals surface area contributed by atoms with Crippen molar-refractivity contribution in [1.82, 2.24) is 0 Å². The normalized spacial score (nSPS) is 15.3. The predicted molar refractivity (Wildman–Crippen MR) is 132 cm³/mol. The van der Waals surface area contributed by atoms with Crippen molar-refractivity contribution in [3.05, 3.63) is 77.9 Å². The zero-order valence-electron chi connectivity index (χ0n) is 18.6. The lowest BCUT2D eigenvalue weighted by atomic mass is 10.1. The smallest absolute Gasteiger partial charge is 0.323 e. The summed E-state index contributed by atoms with van der Waals surface area (Å²) in [6.45, 7) is 1.98. The molecule has 1 heterocycles. The van der Waals surface area contributed by atoms with Gasteiger partial charge in [-0.15, -0.1) is 11.8 Å². The number of anilines is 3. The number of ether oxygens (including phenoxy) is 2. The summed E-state index contributed by atoms with van der Waals surface area (Å²) in [4.78, 5) is 27.1. The summed E-state index contributed by atoms with van der Waals surface area (Å²) in [6.07, 6.45) is 0. The number of benzene rings is 3. The largest absolute Gasteiger partial charge is 0.497 e. The van der Waals surface area contributed by atoms with Crippen LogP contribution >= 0.6 is 11.8 Å². The van der Waals surface area contributed by atoms with Crippen LogP contribution in [0.1, 0.15) is 16.5 Å². The minimum Gasteiger partial charge on any atom is -0.497 e. The van der Waals surface area contributed by atoms with Crippen LogP contribution in [0.2, 0.25) is 0 Å². The fraction of sp³-hybridized carbons (Fsp3) is 0.200. The second kappa shape index (κ2) is 9.87. The van der Waals surface area contributed by atoms with E-state index < -0.39 is 0 Å². The predicted octanol–water partition coefficient (Wildman–Crippen LogP) is 5.43. The molecule has 1 aliphatic heterocycles. The minimum atomic E-state index is -0.368. The summed E-state index contributed by atoms with van der Waals surface area (Å²) in [5, 5.41) is 5.44. The standard InChI is InChI=1S/C25H25N3O4S/c1-16-10-11-22(32-3)21(12-16)28-23(29)15-33-24(28)17-6-4-7-18(13-17)26-25(30)27-19-8-5-9-20(14-19)31-2/h4-14,24H,15H2,1-3H3,(H2,26,27,30). The molecule has 2 N–H and O–H groups in total. The number of aryl methyl sites for hydroxylation is 1. The van der Waals surface area contributed by atoms with Gasteiger partial charge in [0, 0.05) is 17.4 Å². The lowest BCUT2D eigenvalue weighted by Crippen LogP contribution is -2.28. The van der Waals surface area contributed by atoms with Crippen molar-refractivity contribution in [2.24, 2.45) is 0 Å². The molecular weight excluding hydrogens is 438 g/mol. The highest BCUT2D eigenvalue weighted by atomic mass is 32.2. The molecule has 0 aliphatic carbocycles. The SMILES string of the molecule is COc1cccc(NC(=O)Nc2cccc(C3SCC(=O)N3c3cc(C)ccc3OC)c2)c1. The maximum atomic E-state index is 12.8. The molecule has 1 atom stereocenters. The summed E-state index contributed by atoms with van der Waals surface area (Å²) in [7, 11) is 3.18. The molecule has 3 aromatic carbocycles. The monoisotopic (exact) mass is 463 g/mol. The van der Waals surface area contributed by atoms with Gasteiger partial charge in [0.15, 0.2) is 0 Å². The molecule has 0 saturated carbocycles. The van der Waals surface area contributed by atoms with Crippen LogP contribution in [0.15, 0.2) is 66.7 Å². The highest BCUT2D eigenvalue weighted by Gasteiger charge is 2.35. The molecule has 1 fully saturated rings. The van der Waals surface area contributed by atoms with E-state index in [9.17, 15) is 9.59 Å². The van der Waals surface area contributed by atoms with Crippen molar-refractivity contribution >= 4 is 40.8 Å². The molecule has 1 unspecified atom stereocenters. The number of carbonyl (C=O) groups excluding carboxylic acids is 2. The summed E-state index contributed by atoms with van der Waals surface area (Å²) in [5.41, 5.74) is 3.95. The molecule has 4 rings (SSSR count). The topological polar surface area (TPSA) is 79.9 Å². The fourth-order valence-electron chi connectivity index (χ4n) is 3.68. The molecule has 0 aromatic heterocycles. The van der Waals surface area contributed by atoms with E-state index >= 15 is 0 Å². The van der Waals surface area contributed by atoms with Crippen LogP contribution in [0.25, 0.3) is 0 Å². The van der Waals surface area contributed by atoms with Crippen LogP contribution in [0.5, 0.6) is 11.5 Å². The maximum absolute atomic E-state index is 12.8. The van der Waals surface area contributed by atoms with E-state index in [0.29, 0.717) is 28.6 Å². The molecule has 33 heavy (non-hydrogen) atoms. The Morgan fingerprint density at radius 3 is 2.42 bits per heavy atom. The molecular formula is C25H25N3O4S. The first-order valence-electron chi connectivity index (χ1n) is 10.4. The Kier molecular flexibility index (Phi) is 6.74. The number of nitrogens with one attached hydrogen (secondary N) is 2. The molecule has 0 bridgehead atoms. The first-order chi connectivity index (χ1) is 16.0. The van der Waals surface area contributed by atoms with Gasteiger partial charge in [-0.3, -0.25) is 9.69 Å². The number of methoxy groups -OCH3 is 2. The zero-order chi connectivity index (χ0) is 23.4. The Balaban J connectivity index is 1.55. The molecule has 8 heteroatoms. The Hall–Kier alpha value is -3.65. The second-order valence-electron chi connectivity index (χ2n) is 7.54. The van der Waals surface area contributed by atoms with Crippen molar-refractivity contribution in [3.8, 4) is 11.5 Å². The average molecular weight is 464 g/mol. The molecule has 3 amide bonds. The third kappa shape index (κ3) is 5.06. The van der Waals surface area contributed by atoms with Gasteiger partial charge in [-0.25, -0.2) is 4.79 Å². The van der Waals surface area contributed by atoms with Gasteiger partial charge < -0.3 is 20.1 Å². The van der Waals surface area contributed by atoms with Crippen LogP contribution in [-0.2, 0) is 4.79 Å². The number of hydrogen-bond donors (Lipinski definition) is 2. The van der Waals surface area contributed by atoms with Gasteiger partial charge in [0.05, 0.1) is 25.7 Å². The lowest BCUT2D eigenvalue weighted by Gasteiger charge is -2.26. The number of rotatable bonds is 6. The summed E-state index contributed by atoms with van der Waals surface area (Å²) < 4.78 is 10.7. The average Bonchev–Trinajstić information content (AvgIpc) is 3.20. The zero-order valence-corrected chi connectivity index (χ0v) is 19.4. The summed E-state index contributed by atoms with van der Waals surface area (Å²) >= 11 is 1.54. The van der Waals surface area contributed by atoms with Gasteiger partial charge in [-0.2, -0.15) is 0 Å². The van der Waals surface area contributed by atoms with E-state index in [1.54, 1.807) is 49.1 Å². The first-order valence-corrected chi connectivity index (χ1v) is 11.4. The van der Waals surface area contributed by atoms with E-state index in [-0.39, 0.29) is 17.3 Å². The van der Waals surface area contributed by atoms with Crippen LogP contribution < -0.4 is 25.0 Å². The Morgan fingerprint density at radius 2 is 1.70 bits per heavy atom. The number of nitrogens with zero attached hydrogens (tertiary/aromatic N) is 1. The number of hydrogen-bond acceptors (Lipinski definition) is 5. The quantitative estimate of drug-likeness (QED) is 0.509. The highest BCUT2D eigenvalue weighted by Crippen LogP contribution is 2.45. The fourth-order valence-corrected chi connectivity index (χ4v) is 4.84. The molecule has 1 aliphatic rings. The van der Waals surface area contributed by atoms with E-state index in [1.807, 2.05) is 55.5 Å². The van der Waals surface area contributed by atoms with Gasteiger partial charge >= 0.3 is 6.03 Å². The highest BCUT2D eigenvalue weighted by molar-refractivity contribution is 8.00. The van der Waals surface area contributed by atoms with Crippen molar-refractivity contribution in [2.45, 2.75) is 12.3 Å². The Labute approximate surface area is 197 Å². The van der Waals surface area contributed by atoms with Gasteiger partial charge in [-0.1, -0.05) is 24.3 Å². The summed E-state index contributed by atoms with van der Waals surface area (Å²) in [6, 6.07) is 20.1. The minimum absolute atomic E-state index is 0.0167. The number of urea groups is 1. The van der Waals surface area contributed by atoms with Crippen LogP contribution in [0, 0.1) is 6.92 Å². The van der Waals surface area contributed by atoms with Crippen molar-refractivity contribution in [2.75, 3.05) is 35.5 Å². The van der Waals surface area contributed by atoms with Gasteiger partial charge in [0.25, 0.3) is 0 Å². The molecule has 7 nitrogen and oxygen atoms in total. The van der Waals surface area contributed by atoms with E-state index in [2.05, 4.69) is 10.6 Å². The first kappa shape index (κ1) is 22.5. The third-order valence-corrected chi connectivity index (χ3v) is 6.43. The van der Waals surface area contributed by atoms with Gasteiger partial charge in [0.1, 0.15) is 16.9 Å². The molecule has 1 saturated heterocycles. The molecule has 0 spiro atoms. The third-order valence-electron chi connectivity index (χ3n) is 5.22. The van der Waals surface area contributed by atoms with Crippen LogP contribution in [0.3, 0.4) is 0 Å². The van der Waals surface area contributed by atoms with E-state index in [0.717, 1.165) is 16.8 Å². The van der Waals surface area contributed by atoms with Crippen LogP contribution in [-0.4, -0.2) is 31.9 Å². The lowest BCUT2D eigenvalue weighted by molar-refractivity contribution is -0.115. The van der Waals surface area contributed by atoms with Crippen molar-refractivity contribution in [3.63, 3.8) is 0 Å². The number of carbonyl (C=O) groups is 2. The summed E-state index contributed by atoms with van der Waals surface area (Å²) in [5.74, 6) is 1.69. The number of thioether (sulfide) groups is 1. The van der Waals surface area contributed by atoms with Gasteiger partial charge in [-0.05, 0) is 54.4 Å². The van der Waals surface area contributed by atoms with Crippen LogP contribution in [0.4, 0.5) is 21.9 Å². The van der Waals surface area contributed by atoms with Crippen molar-refractivity contribution < 1.29 is 19.1 Å². The Bertz CT molecular complexity index is 1180. The van der Waals surface area contributed by atoms with E-state index in [1.165, 1.54) is 0 Å². The molecule has 0 radical (unpaired) electrons. The van der Waals surface area contributed by atoms with Crippen molar-refractivity contribution in [1.29, 1.82) is 0 Å². The maximum Gasteiger partial charge on any atom is 0.323 e. The Morgan fingerprint density at radius 1 is 0.970 bits per heavy atom. The number of amides is 3. The second-order valence-corrected chi connectivity index (χ2v) is 8.61. The van der Waals surface area contributed by atoms with E-state index in [4.69, 9.17) is 9.47 Å².